The van der Waals surface area contributed by atoms with Crippen LogP contribution in [0.2, 0.25) is 0 Å². The molecular weight excluding hydrogens is 356 g/mol. The molecule has 0 fully saturated rings. The predicted molar refractivity (Wildman–Crippen MR) is 96.1 cm³/mol. The van der Waals surface area contributed by atoms with Gasteiger partial charge in [-0.2, -0.15) is 0 Å². The van der Waals surface area contributed by atoms with Crippen molar-refractivity contribution in [3.63, 3.8) is 0 Å². The Balaban J connectivity index is 2.10. The predicted octanol–water partition coefficient (Wildman–Crippen LogP) is 4.79. The van der Waals surface area contributed by atoms with E-state index in [-0.39, 0.29) is 17.1 Å². The molecule has 0 amide bonds. The fourth-order valence-electron chi connectivity index (χ4n) is 2.52. The van der Waals surface area contributed by atoms with Crippen molar-refractivity contribution in [2.75, 3.05) is 7.11 Å². The fraction of sp³-hybridized carbons (Fsp3) is 0.0588. The van der Waals surface area contributed by atoms with Crippen LogP contribution in [-0.2, 0) is 0 Å². The zero-order valence-corrected chi connectivity index (χ0v) is 13.9. The van der Waals surface area contributed by atoms with Gasteiger partial charge < -0.3 is 9.84 Å². The van der Waals surface area contributed by atoms with Gasteiger partial charge in [-0.15, -0.1) is 10.2 Å². The number of azo groups is 1. The van der Waals surface area contributed by atoms with E-state index >= 15 is 0 Å². The van der Waals surface area contributed by atoms with E-state index in [4.69, 9.17) is 4.74 Å². The molecule has 27 heavy (non-hydrogen) atoms. The molecule has 0 atom stereocenters. The van der Waals surface area contributed by atoms with E-state index in [1.165, 1.54) is 13.2 Å². The maximum Gasteiger partial charge on any atom is 0.303 e. The van der Waals surface area contributed by atoms with Crippen LogP contribution in [-0.4, -0.2) is 22.1 Å². The summed E-state index contributed by atoms with van der Waals surface area (Å²) in [5, 5.41) is 41.2. The van der Waals surface area contributed by atoms with Crippen molar-refractivity contribution in [1.29, 1.82) is 0 Å². The number of nitrogens with zero attached hydrogens (tertiary/aromatic N) is 4. The molecule has 0 spiro atoms. The molecule has 0 aliphatic heterocycles. The van der Waals surface area contributed by atoms with E-state index < -0.39 is 21.2 Å². The Hall–Kier alpha value is -4.08. The van der Waals surface area contributed by atoms with E-state index in [1.807, 2.05) is 0 Å². The van der Waals surface area contributed by atoms with Crippen molar-refractivity contribution in [2.24, 2.45) is 10.2 Å². The Morgan fingerprint density at radius 1 is 0.926 bits per heavy atom. The maximum absolute atomic E-state index is 11.2. The van der Waals surface area contributed by atoms with Gasteiger partial charge in [0.2, 0.25) is 0 Å². The number of nitro benzene ring substituents is 2. The minimum atomic E-state index is -0.789. The second-order valence-electron chi connectivity index (χ2n) is 5.38. The molecule has 0 unspecified atom stereocenters. The lowest BCUT2D eigenvalue weighted by atomic mass is 10.1. The van der Waals surface area contributed by atoms with Gasteiger partial charge in [0.1, 0.15) is 11.4 Å². The van der Waals surface area contributed by atoms with Gasteiger partial charge in [0, 0.05) is 22.9 Å². The summed E-state index contributed by atoms with van der Waals surface area (Å²) in [7, 11) is 1.46. The Kier molecular flexibility index (Phi) is 4.62. The topological polar surface area (TPSA) is 140 Å². The molecule has 0 bridgehead atoms. The molecule has 3 rings (SSSR count). The number of phenols is 1. The summed E-state index contributed by atoms with van der Waals surface area (Å²) in [4.78, 5) is 20.4. The molecule has 0 heterocycles. The number of methoxy groups -OCH3 is 1. The van der Waals surface area contributed by atoms with Gasteiger partial charge >= 0.3 is 5.69 Å². The van der Waals surface area contributed by atoms with Gasteiger partial charge in [0.05, 0.1) is 23.0 Å². The molecule has 0 aliphatic rings. The number of benzene rings is 3. The molecular formula is C17H12N4O6. The molecule has 3 aromatic rings. The molecule has 0 radical (unpaired) electrons. The van der Waals surface area contributed by atoms with Gasteiger partial charge in [-0.25, -0.2) is 0 Å². The summed E-state index contributed by atoms with van der Waals surface area (Å²) in [5.74, 6) is 0.273. The SMILES string of the molecule is COc1cc(N=Nc2ccc([N+](=O)[O-])cc2[N+](=O)[O-])c(O)c2ccccc12. The summed E-state index contributed by atoms with van der Waals surface area (Å²) in [6, 6.07) is 11.4. The Morgan fingerprint density at radius 3 is 2.22 bits per heavy atom. The first-order valence-corrected chi connectivity index (χ1v) is 7.55. The van der Waals surface area contributed by atoms with Crippen LogP contribution in [0.3, 0.4) is 0 Å². The number of ether oxygens (including phenoxy) is 1. The minimum absolute atomic E-state index is 0.0400. The quantitative estimate of drug-likeness (QED) is 0.390. The van der Waals surface area contributed by atoms with Crippen LogP contribution in [0.15, 0.2) is 58.8 Å². The normalized spacial score (nSPS) is 11.0. The third kappa shape index (κ3) is 3.35. The molecule has 0 saturated heterocycles. The standard InChI is InChI=1S/C17H12N4O6/c1-27-16-9-14(17(22)12-5-3-2-4-11(12)16)19-18-13-7-6-10(20(23)24)8-15(13)21(25)26/h2-9,22H,1H3. The number of aromatic hydroxyl groups is 1. The van der Waals surface area contributed by atoms with Crippen molar-refractivity contribution >= 4 is 33.5 Å². The molecule has 3 aromatic carbocycles. The van der Waals surface area contributed by atoms with E-state index in [0.29, 0.717) is 16.5 Å². The lowest BCUT2D eigenvalue weighted by molar-refractivity contribution is -0.393. The van der Waals surface area contributed by atoms with Crippen LogP contribution in [0.1, 0.15) is 0 Å². The minimum Gasteiger partial charge on any atom is -0.505 e. The Morgan fingerprint density at radius 2 is 1.59 bits per heavy atom. The molecule has 0 aliphatic carbocycles. The van der Waals surface area contributed by atoms with E-state index in [0.717, 1.165) is 18.2 Å². The zero-order valence-electron chi connectivity index (χ0n) is 13.9. The van der Waals surface area contributed by atoms with Crippen molar-refractivity contribution in [3.05, 3.63) is 68.8 Å². The largest absolute Gasteiger partial charge is 0.505 e. The third-order valence-electron chi connectivity index (χ3n) is 3.81. The number of fused-ring (bicyclic) bond motifs is 1. The Labute approximate surface area is 151 Å². The average molecular weight is 368 g/mol. The van der Waals surface area contributed by atoms with Gasteiger partial charge in [0.25, 0.3) is 5.69 Å². The van der Waals surface area contributed by atoms with Gasteiger partial charge in [-0.05, 0) is 6.07 Å². The van der Waals surface area contributed by atoms with Crippen LogP contribution < -0.4 is 4.74 Å². The fourth-order valence-corrected chi connectivity index (χ4v) is 2.52. The highest BCUT2D eigenvalue weighted by Gasteiger charge is 2.20. The van der Waals surface area contributed by atoms with Gasteiger partial charge in [-0.1, -0.05) is 24.3 Å². The highest BCUT2D eigenvalue weighted by Crippen LogP contribution is 2.42. The number of phenolic OH excluding ortho intramolecular Hbond substituents is 1. The lowest BCUT2D eigenvalue weighted by Crippen LogP contribution is -1.92. The number of hydrogen-bond acceptors (Lipinski definition) is 8. The average Bonchev–Trinajstić information content (AvgIpc) is 2.67. The number of hydrogen-bond donors (Lipinski definition) is 1. The van der Waals surface area contributed by atoms with Gasteiger partial charge in [0.15, 0.2) is 11.4 Å². The summed E-state index contributed by atoms with van der Waals surface area (Å²) in [6.07, 6.45) is 0. The highest BCUT2D eigenvalue weighted by molar-refractivity contribution is 5.97. The monoisotopic (exact) mass is 368 g/mol. The van der Waals surface area contributed by atoms with Crippen molar-refractivity contribution in [2.45, 2.75) is 0 Å². The molecule has 10 heteroatoms. The number of nitro groups is 2. The molecule has 10 nitrogen and oxygen atoms in total. The van der Waals surface area contributed by atoms with Crippen LogP contribution in [0.4, 0.5) is 22.7 Å². The van der Waals surface area contributed by atoms with Crippen LogP contribution in [0, 0.1) is 20.2 Å². The zero-order chi connectivity index (χ0) is 19.6. The molecule has 0 saturated carbocycles. The first kappa shape index (κ1) is 17.7. The van der Waals surface area contributed by atoms with Crippen LogP contribution in [0.25, 0.3) is 10.8 Å². The second-order valence-corrected chi connectivity index (χ2v) is 5.38. The first-order valence-electron chi connectivity index (χ1n) is 7.55. The summed E-state index contributed by atoms with van der Waals surface area (Å²) in [5.41, 5.74) is -1.15. The summed E-state index contributed by atoms with van der Waals surface area (Å²) in [6.45, 7) is 0. The second kappa shape index (κ2) is 7.04. The molecule has 0 aromatic heterocycles. The summed E-state index contributed by atoms with van der Waals surface area (Å²) >= 11 is 0. The van der Waals surface area contributed by atoms with Crippen molar-refractivity contribution in [1.82, 2.24) is 0 Å². The Bertz CT molecular complexity index is 1100. The van der Waals surface area contributed by atoms with Gasteiger partial charge in [-0.3, -0.25) is 20.2 Å². The van der Waals surface area contributed by atoms with E-state index in [9.17, 15) is 25.3 Å². The van der Waals surface area contributed by atoms with Crippen molar-refractivity contribution in [3.8, 4) is 11.5 Å². The smallest absolute Gasteiger partial charge is 0.303 e. The number of non-ortho nitro benzene ring substituents is 1. The van der Waals surface area contributed by atoms with Crippen LogP contribution >= 0.6 is 0 Å². The maximum atomic E-state index is 11.2. The number of rotatable bonds is 5. The highest BCUT2D eigenvalue weighted by atomic mass is 16.6. The van der Waals surface area contributed by atoms with E-state index in [1.54, 1.807) is 24.3 Å². The lowest BCUT2D eigenvalue weighted by Gasteiger charge is -2.09. The first-order chi connectivity index (χ1) is 12.9. The van der Waals surface area contributed by atoms with Crippen molar-refractivity contribution < 1.29 is 19.7 Å². The molecule has 1 N–H and O–H groups in total. The van der Waals surface area contributed by atoms with E-state index in [2.05, 4.69) is 10.2 Å². The molecule has 136 valence electrons. The third-order valence-corrected chi connectivity index (χ3v) is 3.81. The van der Waals surface area contributed by atoms with Crippen LogP contribution in [0.5, 0.6) is 11.5 Å². The summed E-state index contributed by atoms with van der Waals surface area (Å²) < 4.78 is 5.28.